The van der Waals surface area contributed by atoms with Gasteiger partial charge in [-0.1, -0.05) is 18.2 Å². The lowest BCUT2D eigenvalue weighted by Crippen LogP contribution is -2.49. The topological polar surface area (TPSA) is 27.7 Å². The average Bonchev–Trinajstić information content (AvgIpc) is 2.66. The smallest absolute Gasteiger partial charge is 0.173 e. The van der Waals surface area contributed by atoms with Crippen molar-refractivity contribution in [2.45, 2.75) is 13.5 Å². The third-order valence-electron chi connectivity index (χ3n) is 4.43. The van der Waals surface area contributed by atoms with Crippen molar-refractivity contribution in [1.82, 2.24) is 9.80 Å². The van der Waals surface area contributed by atoms with Gasteiger partial charge in [0.05, 0.1) is 6.61 Å². The van der Waals surface area contributed by atoms with E-state index >= 15 is 0 Å². The number of thiocarbonyl (C=S) groups is 1. The van der Waals surface area contributed by atoms with Gasteiger partial charge < -0.3 is 15.0 Å². The molecule has 2 aromatic carbocycles. The Balaban J connectivity index is 1.48. The molecule has 0 saturated carbocycles. The van der Waals surface area contributed by atoms with Crippen LogP contribution in [-0.4, -0.2) is 47.7 Å². The summed E-state index contributed by atoms with van der Waals surface area (Å²) in [5.41, 5.74) is 1.70. The Morgan fingerprint density at radius 1 is 1.08 bits per heavy atom. The maximum Gasteiger partial charge on any atom is 0.173 e. The number of nitrogens with one attached hydrogen (secondary N) is 1. The number of piperazine rings is 1. The Morgan fingerprint density at radius 3 is 2.42 bits per heavy atom. The number of hydrogen-bond acceptors (Lipinski definition) is 3. The Bertz CT molecular complexity index is 730. The normalized spacial score (nSPS) is 14.9. The Labute approximate surface area is 159 Å². The zero-order valence-electron chi connectivity index (χ0n) is 15.0. The van der Waals surface area contributed by atoms with E-state index in [-0.39, 0.29) is 5.82 Å². The van der Waals surface area contributed by atoms with Crippen molar-refractivity contribution in [3.05, 3.63) is 59.9 Å². The van der Waals surface area contributed by atoms with Crippen LogP contribution >= 0.6 is 12.2 Å². The first-order chi connectivity index (χ1) is 12.7. The monoisotopic (exact) mass is 373 g/mol. The zero-order chi connectivity index (χ0) is 18.4. The van der Waals surface area contributed by atoms with Crippen LogP contribution in [0.15, 0.2) is 48.5 Å². The van der Waals surface area contributed by atoms with E-state index in [0.29, 0.717) is 13.2 Å². The zero-order valence-corrected chi connectivity index (χ0v) is 15.8. The number of ether oxygens (including phenoxy) is 1. The van der Waals surface area contributed by atoms with E-state index < -0.39 is 0 Å². The average molecular weight is 373 g/mol. The van der Waals surface area contributed by atoms with Gasteiger partial charge in [-0.2, -0.15) is 0 Å². The van der Waals surface area contributed by atoms with Crippen molar-refractivity contribution >= 4 is 23.0 Å². The summed E-state index contributed by atoms with van der Waals surface area (Å²) in [6.07, 6.45) is 0. The molecule has 1 aliphatic heterocycles. The lowest BCUT2D eigenvalue weighted by Gasteiger charge is -2.36. The molecule has 0 bridgehead atoms. The molecule has 0 aliphatic carbocycles. The molecule has 0 atom stereocenters. The summed E-state index contributed by atoms with van der Waals surface area (Å²) in [4.78, 5) is 4.41. The Morgan fingerprint density at radius 2 is 1.77 bits per heavy atom. The number of rotatable bonds is 5. The maximum absolute atomic E-state index is 13.8. The summed E-state index contributed by atoms with van der Waals surface area (Å²) < 4.78 is 19.2. The molecule has 4 nitrogen and oxygen atoms in total. The van der Waals surface area contributed by atoms with Crippen molar-refractivity contribution in [2.75, 3.05) is 38.1 Å². The van der Waals surface area contributed by atoms with E-state index in [1.54, 1.807) is 6.07 Å². The summed E-state index contributed by atoms with van der Waals surface area (Å²) in [6, 6.07) is 14.8. The standard InChI is InChI=1S/C20H24FN3OS/c1-2-25-18-9-7-17(8-10-18)22-20(26)24-13-11-23(12-14-24)15-16-5-3-4-6-19(16)21/h3-10H,2,11-15H2,1H3,(H,22,26). The van der Waals surface area contributed by atoms with E-state index in [2.05, 4.69) is 15.1 Å². The largest absolute Gasteiger partial charge is 0.494 e. The lowest BCUT2D eigenvalue weighted by molar-refractivity contribution is 0.175. The molecular formula is C20H24FN3OS. The van der Waals surface area contributed by atoms with E-state index in [9.17, 15) is 4.39 Å². The molecule has 2 aromatic rings. The van der Waals surface area contributed by atoms with Gasteiger partial charge in [-0.3, -0.25) is 4.90 Å². The van der Waals surface area contributed by atoms with Crippen LogP contribution in [0.4, 0.5) is 10.1 Å². The summed E-state index contributed by atoms with van der Waals surface area (Å²) in [6.45, 7) is 6.64. The second kappa shape index (κ2) is 8.96. The molecule has 0 unspecified atom stereocenters. The first-order valence-corrected chi connectivity index (χ1v) is 9.31. The highest BCUT2D eigenvalue weighted by atomic mass is 32.1. The summed E-state index contributed by atoms with van der Waals surface area (Å²) in [7, 11) is 0. The third-order valence-corrected chi connectivity index (χ3v) is 4.79. The summed E-state index contributed by atoms with van der Waals surface area (Å²) >= 11 is 5.53. The molecule has 26 heavy (non-hydrogen) atoms. The van der Waals surface area contributed by atoms with Crippen LogP contribution in [0.5, 0.6) is 5.75 Å². The second-order valence-corrected chi connectivity index (χ2v) is 6.63. The van der Waals surface area contributed by atoms with E-state index in [1.807, 2.05) is 43.3 Å². The molecule has 6 heteroatoms. The maximum atomic E-state index is 13.8. The molecule has 1 aliphatic rings. The number of hydrogen-bond donors (Lipinski definition) is 1. The number of halogens is 1. The molecule has 0 spiro atoms. The van der Waals surface area contributed by atoms with Crippen LogP contribution in [0.25, 0.3) is 0 Å². The first kappa shape index (κ1) is 18.6. The molecule has 3 rings (SSSR count). The molecule has 1 fully saturated rings. The molecule has 0 radical (unpaired) electrons. The van der Waals surface area contributed by atoms with Crippen LogP contribution in [0.3, 0.4) is 0 Å². The predicted octanol–water partition coefficient (Wildman–Crippen LogP) is 3.74. The Kier molecular flexibility index (Phi) is 6.41. The van der Waals surface area contributed by atoms with Gasteiger partial charge in [-0.25, -0.2) is 4.39 Å². The van der Waals surface area contributed by atoms with Gasteiger partial charge in [0.15, 0.2) is 5.11 Å². The van der Waals surface area contributed by atoms with Crippen LogP contribution in [-0.2, 0) is 6.54 Å². The minimum atomic E-state index is -0.136. The minimum absolute atomic E-state index is 0.136. The van der Waals surface area contributed by atoms with Gasteiger partial charge >= 0.3 is 0 Å². The fraction of sp³-hybridized carbons (Fsp3) is 0.350. The quantitative estimate of drug-likeness (QED) is 0.806. The molecule has 0 aromatic heterocycles. The van der Waals surface area contributed by atoms with Crippen molar-refractivity contribution in [3.63, 3.8) is 0 Å². The van der Waals surface area contributed by atoms with Gasteiger partial charge in [-0.15, -0.1) is 0 Å². The van der Waals surface area contributed by atoms with Crippen molar-refractivity contribution < 1.29 is 9.13 Å². The van der Waals surface area contributed by atoms with Crippen LogP contribution in [0, 0.1) is 5.82 Å². The number of anilines is 1. The van der Waals surface area contributed by atoms with Gasteiger partial charge in [0, 0.05) is 44.0 Å². The lowest BCUT2D eigenvalue weighted by atomic mass is 10.2. The van der Waals surface area contributed by atoms with Crippen LogP contribution < -0.4 is 10.1 Å². The Hall–Kier alpha value is -2.18. The summed E-state index contributed by atoms with van der Waals surface area (Å²) in [5, 5.41) is 4.00. The van der Waals surface area contributed by atoms with Gasteiger partial charge in [0.1, 0.15) is 11.6 Å². The third kappa shape index (κ3) is 4.93. The fourth-order valence-corrected chi connectivity index (χ4v) is 3.28. The highest BCUT2D eigenvalue weighted by molar-refractivity contribution is 7.80. The minimum Gasteiger partial charge on any atom is -0.494 e. The number of benzene rings is 2. The molecule has 1 heterocycles. The van der Waals surface area contributed by atoms with Gasteiger partial charge in [0.25, 0.3) is 0 Å². The molecule has 138 valence electrons. The van der Waals surface area contributed by atoms with Crippen LogP contribution in [0.2, 0.25) is 0 Å². The molecule has 1 saturated heterocycles. The first-order valence-electron chi connectivity index (χ1n) is 8.90. The molecular weight excluding hydrogens is 349 g/mol. The van der Waals surface area contributed by atoms with E-state index in [1.165, 1.54) is 6.07 Å². The van der Waals surface area contributed by atoms with Crippen molar-refractivity contribution in [1.29, 1.82) is 0 Å². The number of nitrogens with zero attached hydrogens (tertiary/aromatic N) is 2. The van der Waals surface area contributed by atoms with Crippen LogP contribution in [0.1, 0.15) is 12.5 Å². The van der Waals surface area contributed by atoms with Crippen molar-refractivity contribution in [2.24, 2.45) is 0 Å². The highest BCUT2D eigenvalue weighted by Crippen LogP contribution is 2.17. The van der Waals surface area contributed by atoms with Gasteiger partial charge in [0.2, 0.25) is 0 Å². The molecule has 1 N–H and O–H groups in total. The van der Waals surface area contributed by atoms with Crippen molar-refractivity contribution in [3.8, 4) is 5.75 Å². The fourth-order valence-electron chi connectivity index (χ4n) is 2.98. The SMILES string of the molecule is CCOc1ccc(NC(=S)N2CCN(Cc3ccccc3F)CC2)cc1. The summed E-state index contributed by atoms with van der Waals surface area (Å²) in [5.74, 6) is 0.716. The predicted molar refractivity (Wildman–Crippen MR) is 107 cm³/mol. The highest BCUT2D eigenvalue weighted by Gasteiger charge is 2.19. The van der Waals surface area contributed by atoms with E-state index in [4.69, 9.17) is 17.0 Å². The van der Waals surface area contributed by atoms with Gasteiger partial charge in [-0.05, 0) is 49.5 Å². The second-order valence-electron chi connectivity index (χ2n) is 6.24. The molecule has 0 amide bonds. The van der Waals surface area contributed by atoms with E-state index in [0.717, 1.165) is 48.3 Å².